The Morgan fingerprint density at radius 3 is 1.69 bits per heavy atom. The standard InChI is InChI=1S/C15H21N/c16-10-14(2-1-3-14)15-7-11-4-12(8-15)6-13(5-11)9-15/h11-13H,1-9H2. The van der Waals surface area contributed by atoms with Gasteiger partial charge in [0.1, 0.15) is 0 Å². The molecule has 5 aliphatic carbocycles. The molecule has 5 saturated carbocycles. The lowest BCUT2D eigenvalue weighted by Gasteiger charge is -2.64. The normalized spacial score (nSPS) is 52.1. The Bertz CT molecular complexity index is 323. The predicted molar refractivity (Wildman–Crippen MR) is 62.5 cm³/mol. The second kappa shape index (κ2) is 2.84. The first-order valence-corrected chi connectivity index (χ1v) is 7.17. The minimum absolute atomic E-state index is 0.128. The van der Waals surface area contributed by atoms with Crippen LogP contribution in [0.3, 0.4) is 0 Å². The fourth-order valence-corrected chi connectivity index (χ4v) is 5.99. The van der Waals surface area contributed by atoms with Gasteiger partial charge in [-0.15, -0.1) is 0 Å². The van der Waals surface area contributed by atoms with E-state index in [1.807, 2.05) is 0 Å². The van der Waals surface area contributed by atoms with E-state index in [0.717, 1.165) is 17.8 Å². The molecule has 0 aromatic carbocycles. The number of nitriles is 1. The molecular formula is C15H21N. The van der Waals surface area contributed by atoms with Gasteiger partial charge in [-0.2, -0.15) is 5.26 Å². The van der Waals surface area contributed by atoms with Crippen molar-refractivity contribution in [2.24, 2.45) is 28.6 Å². The third-order valence-electron chi connectivity index (χ3n) is 6.47. The molecule has 1 nitrogen and oxygen atoms in total. The van der Waals surface area contributed by atoms with Crippen LogP contribution < -0.4 is 0 Å². The molecule has 0 radical (unpaired) electrons. The van der Waals surface area contributed by atoms with E-state index in [1.54, 1.807) is 0 Å². The van der Waals surface area contributed by atoms with Crippen molar-refractivity contribution in [1.82, 2.24) is 0 Å². The molecule has 0 amide bonds. The van der Waals surface area contributed by atoms with Crippen LogP contribution >= 0.6 is 0 Å². The number of hydrogen-bond donors (Lipinski definition) is 0. The van der Waals surface area contributed by atoms with Crippen LogP contribution in [0.5, 0.6) is 0 Å². The first-order chi connectivity index (χ1) is 7.75. The van der Waals surface area contributed by atoms with E-state index in [1.165, 1.54) is 57.8 Å². The van der Waals surface area contributed by atoms with Gasteiger partial charge in [0.2, 0.25) is 0 Å². The second-order valence-electron chi connectivity index (χ2n) is 7.25. The Morgan fingerprint density at radius 2 is 1.38 bits per heavy atom. The topological polar surface area (TPSA) is 23.8 Å². The summed E-state index contributed by atoms with van der Waals surface area (Å²) >= 11 is 0. The summed E-state index contributed by atoms with van der Waals surface area (Å²) in [4.78, 5) is 0. The molecule has 5 aliphatic rings. The van der Waals surface area contributed by atoms with Crippen molar-refractivity contribution in [3.63, 3.8) is 0 Å². The first-order valence-electron chi connectivity index (χ1n) is 7.17. The molecule has 0 aliphatic heterocycles. The average Bonchev–Trinajstić information content (AvgIpc) is 2.13. The van der Waals surface area contributed by atoms with Crippen molar-refractivity contribution in [2.75, 3.05) is 0 Å². The molecule has 0 N–H and O–H groups in total. The minimum atomic E-state index is 0.128. The molecule has 4 bridgehead atoms. The highest BCUT2D eigenvalue weighted by Crippen LogP contribution is 2.70. The Hall–Kier alpha value is -0.510. The molecule has 5 fully saturated rings. The van der Waals surface area contributed by atoms with Gasteiger partial charge in [0.15, 0.2) is 0 Å². The van der Waals surface area contributed by atoms with Crippen LogP contribution in [0.15, 0.2) is 0 Å². The number of hydrogen-bond acceptors (Lipinski definition) is 1. The van der Waals surface area contributed by atoms with Gasteiger partial charge in [-0.05, 0) is 74.5 Å². The summed E-state index contributed by atoms with van der Waals surface area (Å²) in [6.07, 6.45) is 12.5. The fraction of sp³-hybridized carbons (Fsp3) is 0.933. The van der Waals surface area contributed by atoms with Gasteiger partial charge in [-0.1, -0.05) is 6.42 Å². The summed E-state index contributed by atoms with van der Waals surface area (Å²) in [5.74, 6) is 2.99. The van der Waals surface area contributed by atoms with E-state index in [0.29, 0.717) is 5.41 Å². The van der Waals surface area contributed by atoms with E-state index in [-0.39, 0.29) is 5.41 Å². The van der Waals surface area contributed by atoms with Crippen LogP contribution in [-0.4, -0.2) is 0 Å². The van der Waals surface area contributed by atoms with Crippen LogP contribution in [0.2, 0.25) is 0 Å². The molecule has 0 aromatic rings. The van der Waals surface area contributed by atoms with Crippen molar-refractivity contribution in [3.05, 3.63) is 0 Å². The van der Waals surface area contributed by atoms with Crippen LogP contribution in [-0.2, 0) is 0 Å². The van der Waals surface area contributed by atoms with Gasteiger partial charge in [0.05, 0.1) is 11.5 Å². The van der Waals surface area contributed by atoms with Gasteiger partial charge < -0.3 is 0 Å². The number of nitrogens with zero attached hydrogens (tertiary/aromatic N) is 1. The average molecular weight is 215 g/mol. The minimum Gasteiger partial charge on any atom is -0.198 e. The third-order valence-corrected chi connectivity index (χ3v) is 6.47. The zero-order valence-electron chi connectivity index (χ0n) is 10.0. The van der Waals surface area contributed by atoms with Crippen molar-refractivity contribution < 1.29 is 0 Å². The third kappa shape index (κ3) is 0.974. The highest BCUT2D eigenvalue weighted by Gasteiger charge is 2.62. The largest absolute Gasteiger partial charge is 0.198 e. The Balaban J connectivity index is 1.74. The van der Waals surface area contributed by atoms with E-state index < -0.39 is 0 Å². The number of rotatable bonds is 1. The fourth-order valence-electron chi connectivity index (χ4n) is 5.99. The highest BCUT2D eigenvalue weighted by atomic mass is 14.7. The summed E-state index contributed by atoms with van der Waals surface area (Å²) in [6.45, 7) is 0. The zero-order valence-corrected chi connectivity index (χ0v) is 10.0. The molecule has 0 spiro atoms. The molecule has 0 unspecified atom stereocenters. The molecule has 1 heteroatoms. The van der Waals surface area contributed by atoms with E-state index in [2.05, 4.69) is 6.07 Å². The Morgan fingerprint density at radius 1 is 0.875 bits per heavy atom. The molecule has 0 heterocycles. The molecule has 0 saturated heterocycles. The summed E-state index contributed by atoms with van der Waals surface area (Å²) < 4.78 is 0. The van der Waals surface area contributed by atoms with Crippen LogP contribution in [0, 0.1) is 39.9 Å². The first kappa shape index (κ1) is 9.51. The summed E-state index contributed by atoms with van der Waals surface area (Å²) in [6, 6.07) is 2.77. The maximum Gasteiger partial charge on any atom is 0.0695 e. The second-order valence-corrected chi connectivity index (χ2v) is 7.25. The van der Waals surface area contributed by atoms with E-state index >= 15 is 0 Å². The molecule has 86 valence electrons. The predicted octanol–water partition coefficient (Wildman–Crippen LogP) is 3.90. The maximum absolute atomic E-state index is 9.65. The summed E-state index contributed by atoms with van der Waals surface area (Å²) in [5, 5.41) is 9.65. The zero-order chi connectivity index (χ0) is 10.8. The lowest BCUT2D eigenvalue weighted by atomic mass is 9.39. The van der Waals surface area contributed by atoms with Gasteiger partial charge in [0.25, 0.3) is 0 Å². The molecular weight excluding hydrogens is 194 g/mol. The quantitative estimate of drug-likeness (QED) is 0.651. The molecule has 5 rings (SSSR count). The van der Waals surface area contributed by atoms with E-state index in [4.69, 9.17) is 0 Å². The molecule has 16 heavy (non-hydrogen) atoms. The van der Waals surface area contributed by atoms with Crippen LogP contribution in [0.4, 0.5) is 0 Å². The lowest BCUT2D eigenvalue weighted by molar-refractivity contribution is -0.136. The van der Waals surface area contributed by atoms with E-state index in [9.17, 15) is 5.26 Å². The SMILES string of the molecule is N#CC1(C23CC4CC(CC(C4)C2)C3)CCC1. The Labute approximate surface area is 98.2 Å². The van der Waals surface area contributed by atoms with Gasteiger partial charge in [0, 0.05) is 0 Å². The van der Waals surface area contributed by atoms with Crippen molar-refractivity contribution >= 4 is 0 Å². The maximum atomic E-state index is 9.65. The molecule has 0 atom stereocenters. The summed E-state index contributed by atoms with van der Waals surface area (Å²) in [5.41, 5.74) is 0.609. The Kier molecular flexibility index (Phi) is 1.69. The van der Waals surface area contributed by atoms with Crippen molar-refractivity contribution in [3.8, 4) is 6.07 Å². The van der Waals surface area contributed by atoms with Crippen LogP contribution in [0.1, 0.15) is 57.8 Å². The van der Waals surface area contributed by atoms with Crippen molar-refractivity contribution in [1.29, 1.82) is 5.26 Å². The lowest BCUT2D eigenvalue weighted by Crippen LogP contribution is -2.56. The van der Waals surface area contributed by atoms with Gasteiger partial charge in [-0.3, -0.25) is 0 Å². The van der Waals surface area contributed by atoms with Gasteiger partial charge >= 0.3 is 0 Å². The van der Waals surface area contributed by atoms with Crippen molar-refractivity contribution in [2.45, 2.75) is 57.8 Å². The molecule has 0 aromatic heterocycles. The van der Waals surface area contributed by atoms with Gasteiger partial charge in [-0.25, -0.2) is 0 Å². The smallest absolute Gasteiger partial charge is 0.0695 e. The van der Waals surface area contributed by atoms with Crippen LogP contribution in [0.25, 0.3) is 0 Å². The monoisotopic (exact) mass is 215 g/mol. The highest BCUT2D eigenvalue weighted by molar-refractivity contribution is 5.19. The summed E-state index contributed by atoms with van der Waals surface area (Å²) in [7, 11) is 0.